The monoisotopic (exact) mass is 196 g/mol. The molecule has 1 aromatic carbocycles. The standard InChI is InChI=1S/C13H12N2/c1-2-6-12-10(4-1)8-13(15-12)11-5-3-7-14-9-11/h1-7,9,13,15H,8H2. The van der Waals surface area contributed by atoms with Crippen molar-refractivity contribution in [2.75, 3.05) is 5.32 Å². The maximum absolute atomic E-state index is 4.15. The quantitative estimate of drug-likeness (QED) is 0.758. The zero-order chi connectivity index (χ0) is 10.1. The number of rotatable bonds is 1. The number of pyridine rings is 1. The lowest BCUT2D eigenvalue weighted by Gasteiger charge is -2.10. The van der Waals surface area contributed by atoms with Crippen molar-refractivity contribution < 1.29 is 0 Å². The number of benzene rings is 1. The molecule has 74 valence electrons. The molecule has 0 amide bonds. The number of hydrogen-bond acceptors (Lipinski definition) is 2. The van der Waals surface area contributed by atoms with Gasteiger partial charge in [-0.1, -0.05) is 24.3 Å². The normalized spacial score (nSPS) is 18.3. The molecule has 0 saturated heterocycles. The van der Waals surface area contributed by atoms with E-state index in [9.17, 15) is 0 Å². The van der Waals surface area contributed by atoms with Gasteiger partial charge in [-0.15, -0.1) is 0 Å². The van der Waals surface area contributed by atoms with E-state index in [1.54, 1.807) is 0 Å². The second-order valence-corrected chi connectivity index (χ2v) is 3.84. The van der Waals surface area contributed by atoms with Crippen LogP contribution in [0, 0.1) is 0 Å². The first-order valence-corrected chi connectivity index (χ1v) is 5.18. The average Bonchev–Trinajstić information content (AvgIpc) is 2.74. The molecule has 0 fully saturated rings. The molecule has 1 atom stereocenters. The number of nitrogens with zero attached hydrogens (tertiary/aromatic N) is 1. The Kier molecular flexibility index (Phi) is 1.91. The predicted molar refractivity (Wildman–Crippen MR) is 60.7 cm³/mol. The molecule has 2 heterocycles. The topological polar surface area (TPSA) is 24.9 Å². The molecule has 3 rings (SSSR count). The summed E-state index contributed by atoms with van der Waals surface area (Å²) in [7, 11) is 0. The summed E-state index contributed by atoms with van der Waals surface area (Å²) in [6.45, 7) is 0. The van der Waals surface area contributed by atoms with Crippen LogP contribution < -0.4 is 5.32 Å². The molecule has 0 radical (unpaired) electrons. The van der Waals surface area contributed by atoms with Crippen molar-refractivity contribution in [1.82, 2.24) is 4.98 Å². The maximum atomic E-state index is 4.15. The summed E-state index contributed by atoms with van der Waals surface area (Å²) in [5.41, 5.74) is 3.91. The molecular formula is C13H12N2. The highest BCUT2D eigenvalue weighted by Crippen LogP contribution is 2.33. The van der Waals surface area contributed by atoms with Gasteiger partial charge in [0.1, 0.15) is 0 Å². The minimum absolute atomic E-state index is 0.385. The average molecular weight is 196 g/mol. The summed E-state index contributed by atoms with van der Waals surface area (Å²) in [6.07, 6.45) is 4.80. The van der Waals surface area contributed by atoms with Crippen LogP contribution >= 0.6 is 0 Å². The predicted octanol–water partition coefficient (Wildman–Crippen LogP) is 2.79. The Balaban J connectivity index is 1.91. The van der Waals surface area contributed by atoms with Crippen molar-refractivity contribution in [3.63, 3.8) is 0 Å². The fourth-order valence-corrected chi connectivity index (χ4v) is 2.08. The van der Waals surface area contributed by atoms with Crippen LogP contribution in [0.25, 0.3) is 0 Å². The third-order valence-corrected chi connectivity index (χ3v) is 2.86. The van der Waals surface area contributed by atoms with Crippen LogP contribution in [0.4, 0.5) is 5.69 Å². The first-order valence-electron chi connectivity index (χ1n) is 5.18. The van der Waals surface area contributed by atoms with E-state index in [0.717, 1.165) is 6.42 Å². The largest absolute Gasteiger partial charge is 0.378 e. The van der Waals surface area contributed by atoms with Gasteiger partial charge < -0.3 is 5.32 Å². The van der Waals surface area contributed by atoms with E-state index in [0.29, 0.717) is 6.04 Å². The minimum Gasteiger partial charge on any atom is -0.378 e. The second kappa shape index (κ2) is 3.39. The lowest BCUT2D eigenvalue weighted by Crippen LogP contribution is -2.05. The summed E-state index contributed by atoms with van der Waals surface area (Å²) >= 11 is 0. The highest BCUT2D eigenvalue weighted by molar-refractivity contribution is 5.57. The molecule has 2 heteroatoms. The molecular weight excluding hydrogens is 184 g/mol. The third-order valence-electron chi connectivity index (χ3n) is 2.86. The van der Waals surface area contributed by atoms with Crippen LogP contribution in [0.1, 0.15) is 17.2 Å². The molecule has 1 unspecified atom stereocenters. The van der Waals surface area contributed by atoms with Gasteiger partial charge in [0.2, 0.25) is 0 Å². The lowest BCUT2D eigenvalue weighted by molar-refractivity contribution is 0.818. The Morgan fingerprint density at radius 1 is 1.13 bits per heavy atom. The van der Waals surface area contributed by atoms with E-state index in [-0.39, 0.29) is 0 Å². The van der Waals surface area contributed by atoms with Crippen LogP contribution in [-0.2, 0) is 6.42 Å². The van der Waals surface area contributed by atoms with Gasteiger partial charge in [-0.2, -0.15) is 0 Å². The van der Waals surface area contributed by atoms with Gasteiger partial charge in [-0.05, 0) is 29.7 Å². The van der Waals surface area contributed by atoms with Crippen LogP contribution in [0.5, 0.6) is 0 Å². The minimum atomic E-state index is 0.385. The zero-order valence-corrected chi connectivity index (χ0v) is 8.35. The molecule has 15 heavy (non-hydrogen) atoms. The fraction of sp³-hybridized carbons (Fsp3) is 0.154. The number of aromatic nitrogens is 1. The van der Waals surface area contributed by atoms with Gasteiger partial charge in [0.05, 0.1) is 6.04 Å². The first kappa shape index (κ1) is 8.48. The van der Waals surface area contributed by atoms with Crippen LogP contribution in [0.3, 0.4) is 0 Å². The summed E-state index contributed by atoms with van der Waals surface area (Å²) in [6, 6.07) is 13.0. The molecule has 2 aromatic rings. The van der Waals surface area contributed by atoms with Gasteiger partial charge in [0, 0.05) is 18.1 Å². The molecule has 1 aliphatic heterocycles. The van der Waals surface area contributed by atoms with Gasteiger partial charge in [0.15, 0.2) is 0 Å². The molecule has 1 aromatic heterocycles. The Morgan fingerprint density at radius 2 is 2.07 bits per heavy atom. The van der Waals surface area contributed by atoms with Crippen molar-refractivity contribution in [2.45, 2.75) is 12.5 Å². The van der Waals surface area contributed by atoms with Crippen LogP contribution in [-0.4, -0.2) is 4.98 Å². The number of fused-ring (bicyclic) bond motifs is 1. The molecule has 0 saturated carbocycles. The highest BCUT2D eigenvalue weighted by atomic mass is 15.0. The number of nitrogens with one attached hydrogen (secondary N) is 1. The lowest BCUT2D eigenvalue weighted by atomic mass is 10.1. The molecule has 1 aliphatic rings. The summed E-state index contributed by atoms with van der Waals surface area (Å²) in [5, 5.41) is 3.51. The summed E-state index contributed by atoms with van der Waals surface area (Å²) in [4.78, 5) is 4.15. The maximum Gasteiger partial charge on any atom is 0.0570 e. The van der Waals surface area contributed by atoms with Crippen molar-refractivity contribution in [2.24, 2.45) is 0 Å². The molecule has 0 spiro atoms. The van der Waals surface area contributed by atoms with Crippen LogP contribution in [0.2, 0.25) is 0 Å². The van der Waals surface area contributed by atoms with E-state index >= 15 is 0 Å². The summed E-state index contributed by atoms with van der Waals surface area (Å²) < 4.78 is 0. The number of anilines is 1. The number of para-hydroxylation sites is 1. The van der Waals surface area contributed by atoms with E-state index in [4.69, 9.17) is 0 Å². The summed E-state index contributed by atoms with van der Waals surface area (Å²) in [5.74, 6) is 0. The third kappa shape index (κ3) is 1.48. The van der Waals surface area contributed by atoms with Gasteiger partial charge in [-0.25, -0.2) is 0 Å². The van der Waals surface area contributed by atoms with Gasteiger partial charge in [-0.3, -0.25) is 4.98 Å². The first-order chi connectivity index (χ1) is 7.43. The van der Waals surface area contributed by atoms with E-state index in [2.05, 4.69) is 40.6 Å². The van der Waals surface area contributed by atoms with Crippen LogP contribution in [0.15, 0.2) is 48.8 Å². The van der Waals surface area contributed by atoms with Crippen molar-refractivity contribution in [3.05, 3.63) is 59.9 Å². The Bertz CT molecular complexity index is 440. The second-order valence-electron chi connectivity index (χ2n) is 3.84. The Morgan fingerprint density at radius 3 is 2.87 bits per heavy atom. The van der Waals surface area contributed by atoms with Crippen molar-refractivity contribution in [1.29, 1.82) is 0 Å². The van der Waals surface area contributed by atoms with Gasteiger partial charge in [0.25, 0.3) is 0 Å². The number of hydrogen-bond donors (Lipinski definition) is 1. The van der Waals surface area contributed by atoms with E-state index < -0.39 is 0 Å². The molecule has 1 N–H and O–H groups in total. The molecule has 0 aliphatic carbocycles. The van der Waals surface area contributed by atoms with Crippen molar-refractivity contribution in [3.8, 4) is 0 Å². The fourth-order valence-electron chi connectivity index (χ4n) is 2.08. The molecule has 2 nitrogen and oxygen atoms in total. The van der Waals surface area contributed by atoms with E-state index in [1.807, 2.05) is 18.5 Å². The highest BCUT2D eigenvalue weighted by Gasteiger charge is 2.20. The van der Waals surface area contributed by atoms with E-state index in [1.165, 1.54) is 16.8 Å². The SMILES string of the molecule is c1cncc(C2Cc3ccccc3N2)c1. The Labute approximate surface area is 89.0 Å². The Hall–Kier alpha value is -1.83. The smallest absolute Gasteiger partial charge is 0.0570 e. The molecule has 0 bridgehead atoms. The zero-order valence-electron chi connectivity index (χ0n) is 8.35. The van der Waals surface area contributed by atoms with Crippen molar-refractivity contribution >= 4 is 5.69 Å². The van der Waals surface area contributed by atoms with Gasteiger partial charge >= 0.3 is 0 Å².